The predicted molar refractivity (Wildman–Crippen MR) is 91.1 cm³/mol. The van der Waals surface area contributed by atoms with Gasteiger partial charge in [-0.2, -0.15) is 0 Å². The zero-order chi connectivity index (χ0) is 15.7. The van der Waals surface area contributed by atoms with Crippen molar-refractivity contribution in [3.63, 3.8) is 0 Å². The summed E-state index contributed by atoms with van der Waals surface area (Å²) in [6, 6.07) is 0. The van der Waals surface area contributed by atoms with E-state index in [0.717, 1.165) is 31.6 Å². The van der Waals surface area contributed by atoms with Gasteiger partial charge in [0, 0.05) is 12.8 Å². The van der Waals surface area contributed by atoms with Crippen LogP contribution in [0.5, 0.6) is 0 Å². The third-order valence-electron chi connectivity index (χ3n) is 5.66. The molecule has 0 aliphatic heterocycles. The molecule has 2 rings (SSSR count). The van der Waals surface area contributed by atoms with E-state index in [4.69, 9.17) is 4.43 Å². The molecule has 0 aromatic rings. The molecule has 0 aromatic carbocycles. The molecule has 1 unspecified atom stereocenters. The van der Waals surface area contributed by atoms with Crippen LogP contribution in [-0.2, 0) is 9.22 Å². The van der Waals surface area contributed by atoms with Crippen molar-refractivity contribution in [2.75, 3.05) is 0 Å². The Kier molecular flexibility index (Phi) is 5.35. The number of carbonyl (C=O) groups is 1. The molecule has 21 heavy (non-hydrogen) atoms. The highest BCUT2D eigenvalue weighted by Gasteiger charge is 2.42. The molecule has 122 valence electrons. The minimum Gasteiger partial charge on any atom is -0.417 e. The van der Waals surface area contributed by atoms with E-state index in [1.807, 2.05) is 0 Å². The average Bonchev–Trinajstić information content (AvgIpc) is 2.40. The van der Waals surface area contributed by atoms with Gasteiger partial charge < -0.3 is 4.43 Å². The van der Waals surface area contributed by atoms with E-state index in [0.29, 0.717) is 17.3 Å². The summed E-state index contributed by atoms with van der Waals surface area (Å²) in [5, 5.41) is 0. The van der Waals surface area contributed by atoms with Crippen LogP contribution in [0, 0.1) is 16.7 Å². The van der Waals surface area contributed by atoms with Crippen LogP contribution in [0.15, 0.2) is 0 Å². The van der Waals surface area contributed by atoms with Gasteiger partial charge in [0.05, 0.1) is 6.10 Å². The standard InChI is InChI=1S/C18H34O2Si/c1-17(2,3)16(20-21(4)5)14-6-10-18(11-7-14)12-8-15(19)9-13-18/h14,16,21H,6-13H2,1-5H3. The molecule has 0 amide bonds. The first-order valence-corrected chi connectivity index (χ1v) is 11.7. The number of hydrogen-bond donors (Lipinski definition) is 0. The molecule has 1 spiro atoms. The number of hydrogen-bond acceptors (Lipinski definition) is 2. The predicted octanol–water partition coefficient (Wildman–Crippen LogP) is 4.72. The van der Waals surface area contributed by atoms with Crippen molar-refractivity contribution in [1.29, 1.82) is 0 Å². The molecule has 0 radical (unpaired) electrons. The van der Waals surface area contributed by atoms with Gasteiger partial charge in [-0.3, -0.25) is 4.79 Å². The summed E-state index contributed by atoms with van der Waals surface area (Å²) in [5.41, 5.74) is 0.747. The Bertz CT molecular complexity index is 350. The zero-order valence-electron chi connectivity index (χ0n) is 14.7. The molecule has 2 nitrogen and oxygen atoms in total. The van der Waals surface area contributed by atoms with E-state index in [2.05, 4.69) is 33.9 Å². The Hall–Kier alpha value is -0.153. The molecule has 3 heteroatoms. The lowest BCUT2D eigenvalue weighted by atomic mass is 9.61. The Morgan fingerprint density at radius 2 is 1.62 bits per heavy atom. The highest BCUT2D eigenvalue weighted by molar-refractivity contribution is 6.48. The Morgan fingerprint density at radius 1 is 1.10 bits per heavy atom. The van der Waals surface area contributed by atoms with E-state index in [1.165, 1.54) is 25.7 Å². The second-order valence-corrected chi connectivity index (χ2v) is 11.2. The molecule has 0 N–H and O–H groups in total. The smallest absolute Gasteiger partial charge is 0.171 e. The summed E-state index contributed by atoms with van der Waals surface area (Å²) >= 11 is 0. The Labute approximate surface area is 132 Å². The lowest BCUT2D eigenvalue weighted by Crippen LogP contribution is -2.43. The summed E-state index contributed by atoms with van der Waals surface area (Å²) in [5.74, 6) is 1.22. The maximum Gasteiger partial charge on any atom is 0.171 e. The fraction of sp³-hybridized carbons (Fsp3) is 0.944. The van der Waals surface area contributed by atoms with E-state index in [-0.39, 0.29) is 5.41 Å². The number of carbonyl (C=O) groups excluding carboxylic acids is 1. The van der Waals surface area contributed by atoms with Crippen LogP contribution in [-0.4, -0.2) is 20.9 Å². The maximum absolute atomic E-state index is 11.5. The van der Waals surface area contributed by atoms with Crippen molar-refractivity contribution >= 4 is 14.8 Å². The second kappa shape index (κ2) is 6.53. The van der Waals surface area contributed by atoms with Crippen molar-refractivity contribution in [1.82, 2.24) is 0 Å². The van der Waals surface area contributed by atoms with E-state index in [9.17, 15) is 4.79 Å². The van der Waals surface area contributed by atoms with E-state index < -0.39 is 9.04 Å². The molecule has 1 atom stereocenters. The first-order chi connectivity index (χ1) is 9.72. The average molecular weight is 311 g/mol. The van der Waals surface area contributed by atoms with Crippen LogP contribution < -0.4 is 0 Å². The third kappa shape index (κ3) is 4.41. The molecular weight excluding hydrogens is 276 g/mol. The van der Waals surface area contributed by atoms with Crippen LogP contribution in [0.25, 0.3) is 0 Å². The Balaban J connectivity index is 1.96. The van der Waals surface area contributed by atoms with Crippen LogP contribution in [0.1, 0.15) is 72.1 Å². The SMILES string of the molecule is C[SiH](C)OC(C1CCC2(CCC(=O)CC2)CC1)C(C)(C)C. The normalized spacial score (nSPS) is 25.5. The van der Waals surface area contributed by atoms with Crippen LogP contribution in [0.3, 0.4) is 0 Å². The van der Waals surface area contributed by atoms with Crippen molar-refractivity contribution < 1.29 is 9.22 Å². The van der Waals surface area contributed by atoms with Gasteiger partial charge in [0.15, 0.2) is 9.04 Å². The molecule has 2 fully saturated rings. The highest BCUT2D eigenvalue weighted by Crippen LogP contribution is 2.50. The quantitative estimate of drug-likeness (QED) is 0.705. The first-order valence-electron chi connectivity index (χ1n) is 8.89. The van der Waals surface area contributed by atoms with Gasteiger partial charge in [0.2, 0.25) is 0 Å². The maximum atomic E-state index is 11.5. The fourth-order valence-electron chi connectivity index (χ4n) is 4.43. The van der Waals surface area contributed by atoms with Gasteiger partial charge in [0.1, 0.15) is 5.78 Å². The summed E-state index contributed by atoms with van der Waals surface area (Å²) in [6.07, 6.45) is 9.64. The number of rotatable bonds is 3. The van der Waals surface area contributed by atoms with Crippen molar-refractivity contribution in [3.8, 4) is 0 Å². The summed E-state index contributed by atoms with van der Waals surface area (Å²) < 4.78 is 6.43. The molecule has 2 saturated carbocycles. The topological polar surface area (TPSA) is 26.3 Å². The van der Waals surface area contributed by atoms with Gasteiger partial charge >= 0.3 is 0 Å². The second-order valence-electron chi connectivity index (χ2n) is 8.85. The van der Waals surface area contributed by atoms with Crippen molar-refractivity contribution in [2.24, 2.45) is 16.7 Å². The molecule has 0 saturated heterocycles. The van der Waals surface area contributed by atoms with Crippen molar-refractivity contribution in [3.05, 3.63) is 0 Å². The minimum atomic E-state index is -0.995. The van der Waals surface area contributed by atoms with Crippen molar-refractivity contribution in [2.45, 2.75) is 91.3 Å². The highest BCUT2D eigenvalue weighted by atomic mass is 28.3. The Morgan fingerprint density at radius 3 is 2.05 bits per heavy atom. The van der Waals surface area contributed by atoms with Gasteiger partial charge in [-0.1, -0.05) is 20.8 Å². The number of ketones is 1. The molecule has 2 aliphatic carbocycles. The lowest BCUT2D eigenvalue weighted by Gasteiger charge is -2.47. The lowest BCUT2D eigenvalue weighted by molar-refractivity contribution is -0.123. The number of Topliss-reactive ketones (excluding diaryl/α,β-unsaturated/α-hetero) is 1. The van der Waals surface area contributed by atoms with Crippen LogP contribution in [0.4, 0.5) is 0 Å². The molecule has 0 bridgehead atoms. The van der Waals surface area contributed by atoms with Gasteiger partial charge in [-0.15, -0.1) is 0 Å². The van der Waals surface area contributed by atoms with Crippen LogP contribution in [0.2, 0.25) is 13.1 Å². The monoisotopic (exact) mass is 310 g/mol. The largest absolute Gasteiger partial charge is 0.417 e. The third-order valence-corrected chi connectivity index (χ3v) is 6.50. The van der Waals surface area contributed by atoms with Gasteiger partial charge in [0.25, 0.3) is 0 Å². The molecular formula is C18H34O2Si. The zero-order valence-corrected chi connectivity index (χ0v) is 15.9. The molecule has 0 aromatic heterocycles. The molecule has 0 heterocycles. The van der Waals surface area contributed by atoms with E-state index in [1.54, 1.807) is 0 Å². The minimum absolute atomic E-state index is 0.245. The van der Waals surface area contributed by atoms with Gasteiger partial charge in [-0.05, 0) is 68.4 Å². The first kappa shape index (κ1) is 17.2. The summed E-state index contributed by atoms with van der Waals surface area (Å²) in [4.78, 5) is 11.5. The molecule has 2 aliphatic rings. The van der Waals surface area contributed by atoms with Crippen LogP contribution >= 0.6 is 0 Å². The summed E-state index contributed by atoms with van der Waals surface area (Å²) in [7, 11) is -0.995. The van der Waals surface area contributed by atoms with Gasteiger partial charge in [-0.25, -0.2) is 0 Å². The summed E-state index contributed by atoms with van der Waals surface area (Å²) in [6.45, 7) is 11.6. The fourth-order valence-corrected chi connectivity index (χ4v) is 5.65. The van der Waals surface area contributed by atoms with E-state index >= 15 is 0 Å².